The number of nitrogens with zero attached hydrogens (tertiary/aromatic N) is 3. The molecule has 82 valence electrons. The van der Waals surface area contributed by atoms with Gasteiger partial charge in [0.15, 0.2) is 0 Å². The van der Waals surface area contributed by atoms with Gasteiger partial charge in [-0.15, -0.1) is 0 Å². The van der Waals surface area contributed by atoms with Crippen molar-refractivity contribution in [3.05, 3.63) is 41.9 Å². The standard InChI is InChI=1S/C12H14N4/c1-9-6-15-16-8-11(7-14-12(9)16)10-2-4-13-5-3-10/h2-6,11,14H,7-8H2,1H3. The van der Waals surface area contributed by atoms with Gasteiger partial charge in [-0.05, 0) is 24.6 Å². The molecule has 0 aliphatic carbocycles. The molecule has 0 saturated carbocycles. The van der Waals surface area contributed by atoms with Crippen LogP contribution in [0.4, 0.5) is 5.82 Å². The summed E-state index contributed by atoms with van der Waals surface area (Å²) in [6.45, 7) is 4.00. The first-order valence-electron chi connectivity index (χ1n) is 5.51. The lowest BCUT2D eigenvalue weighted by Crippen LogP contribution is -2.26. The van der Waals surface area contributed by atoms with Crippen LogP contribution in [-0.2, 0) is 6.54 Å². The summed E-state index contributed by atoms with van der Waals surface area (Å²) in [5.41, 5.74) is 2.54. The Balaban J connectivity index is 1.89. The number of fused-ring (bicyclic) bond motifs is 1. The van der Waals surface area contributed by atoms with E-state index in [9.17, 15) is 0 Å². The van der Waals surface area contributed by atoms with E-state index in [-0.39, 0.29) is 0 Å². The highest BCUT2D eigenvalue weighted by Crippen LogP contribution is 2.26. The fourth-order valence-corrected chi connectivity index (χ4v) is 2.20. The second-order valence-electron chi connectivity index (χ2n) is 4.22. The molecule has 3 heterocycles. The summed E-state index contributed by atoms with van der Waals surface area (Å²) in [4.78, 5) is 4.05. The molecule has 0 amide bonds. The van der Waals surface area contributed by atoms with Gasteiger partial charge in [0.25, 0.3) is 0 Å². The van der Waals surface area contributed by atoms with Crippen molar-refractivity contribution in [1.82, 2.24) is 14.8 Å². The molecular formula is C12H14N4. The van der Waals surface area contributed by atoms with Crippen LogP contribution in [-0.4, -0.2) is 21.3 Å². The summed E-state index contributed by atoms with van der Waals surface area (Å²) in [5, 5.41) is 7.81. The van der Waals surface area contributed by atoms with E-state index >= 15 is 0 Å². The van der Waals surface area contributed by atoms with Crippen molar-refractivity contribution in [2.75, 3.05) is 11.9 Å². The molecule has 4 nitrogen and oxygen atoms in total. The zero-order chi connectivity index (χ0) is 11.0. The summed E-state index contributed by atoms with van der Waals surface area (Å²) in [6, 6.07) is 4.15. The lowest BCUT2D eigenvalue weighted by Gasteiger charge is -2.25. The Kier molecular flexibility index (Phi) is 2.13. The summed E-state index contributed by atoms with van der Waals surface area (Å²) in [6.07, 6.45) is 5.61. The minimum atomic E-state index is 0.481. The monoisotopic (exact) mass is 214 g/mol. The van der Waals surface area contributed by atoms with Crippen LogP contribution in [0.1, 0.15) is 17.0 Å². The van der Waals surface area contributed by atoms with Gasteiger partial charge < -0.3 is 5.32 Å². The normalized spacial score (nSPS) is 18.9. The Labute approximate surface area is 94.3 Å². The van der Waals surface area contributed by atoms with Crippen molar-refractivity contribution in [3.63, 3.8) is 0 Å². The van der Waals surface area contributed by atoms with Gasteiger partial charge in [0.2, 0.25) is 0 Å². The van der Waals surface area contributed by atoms with E-state index in [1.54, 1.807) is 0 Å². The van der Waals surface area contributed by atoms with E-state index in [1.165, 1.54) is 11.1 Å². The van der Waals surface area contributed by atoms with Crippen molar-refractivity contribution in [1.29, 1.82) is 0 Å². The van der Waals surface area contributed by atoms with Crippen LogP contribution < -0.4 is 5.32 Å². The fraction of sp³-hybridized carbons (Fsp3) is 0.333. The molecule has 0 fully saturated rings. The zero-order valence-corrected chi connectivity index (χ0v) is 9.22. The molecule has 1 aliphatic rings. The second-order valence-corrected chi connectivity index (χ2v) is 4.22. The van der Waals surface area contributed by atoms with Crippen LogP contribution >= 0.6 is 0 Å². The van der Waals surface area contributed by atoms with Crippen molar-refractivity contribution in [2.45, 2.75) is 19.4 Å². The predicted octanol–water partition coefficient (Wildman–Crippen LogP) is 1.80. The second kappa shape index (κ2) is 3.63. The third-order valence-corrected chi connectivity index (χ3v) is 3.11. The number of pyridine rings is 1. The van der Waals surface area contributed by atoms with Crippen LogP contribution in [0.15, 0.2) is 30.7 Å². The predicted molar refractivity (Wildman–Crippen MR) is 62.4 cm³/mol. The summed E-state index contributed by atoms with van der Waals surface area (Å²) < 4.78 is 2.05. The van der Waals surface area contributed by atoms with E-state index in [2.05, 4.69) is 34.5 Å². The maximum absolute atomic E-state index is 4.37. The average Bonchev–Trinajstić information content (AvgIpc) is 2.72. The molecule has 0 radical (unpaired) electrons. The molecule has 1 N–H and O–H groups in total. The largest absolute Gasteiger partial charge is 0.369 e. The van der Waals surface area contributed by atoms with Crippen LogP contribution in [0.2, 0.25) is 0 Å². The van der Waals surface area contributed by atoms with E-state index in [1.807, 2.05) is 23.3 Å². The molecule has 1 atom stereocenters. The van der Waals surface area contributed by atoms with Gasteiger partial charge in [-0.1, -0.05) is 0 Å². The highest BCUT2D eigenvalue weighted by Gasteiger charge is 2.21. The molecule has 1 unspecified atom stereocenters. The molecule has 2 aromatic rings. The van der Waals surface area contributed by atoms with Crippen molar-refractivity contribution < 1.29 is 0 Å². The highest BCUT2D eigenvalue weighted by atomic mass is 15.3. The minimum Gasteiger partial charge on any atom is -0.369 e. The Morgan fingerprint density at radius 1 is 1.38 bits per heavy atom. The first kappa shape index (κ1) is 9.39. The van der Waals surface area contributed by atoms with Crippen LogP contribution in [0.3, 0.4) is 0 Å². The molecule has 0 saturated heterocycles. The van der Waals surface area contributed by atoms with E-state index < -0.39 is 0 Å². The van der Waals surface area contributed by atoms with Gasteiger partial charge in [-0.3, -0.25) is 4.98 Å². The first-order chi connectivity index (χ1) is 7.84. The molecule has 4 heteroatoms. The number of aryl methyl sites for hydroxylation is 1. The average molecular weight is 214 g/mol. The van der Waals surface area contributed by atoms with E-state index in [0.29, 0.717) is 5.92 Å². The molecule has 3 rings (SSSR count). The third-order valence-electron chi connectivity index (χ3n) is 3.11. The highest BCUT2D eigenvalue weighted by molar-refractivity contribution is 5.45. The Morgan fingerprint density at radius 2 is 2.19 bits per heavy atom. The zero-order valence-electron chi connectivity index (χ0n) is 9.22. The molecule has 1 aliphatic heterocycles. The summed E-state index contributed by atoms with van der Waals surface area (Å²) >= 11 is 0. The van der Waals surface area contributed by atoms with Gasteiger partial charge in [-0.25, -0.2) is 4.68 Å². The lowest BCUT2D eigenvalue weighted by molar-refractivity contribution is 0.505. The Hall–Kier alpha value is -1.84. The molecule has 0 aromatic carbocycles. The van der Waals surface area contributed by atoms with Crippen molar-refractivity contribution in [2.24, 2.45) is 0 Å². The van der Waals surface area contributed by atoms with Crippen molar-refractivity contribution >= 4 is 5.82 Å². The SMILES string of the molecule is Cc1cnn2c1NCC(c1ccncc1)C2. The molecular weight excluding hydrogens is 200 g/mol. The number of rotatable bonds is 1. The molecule has 16 heavy (non-hydrogen) atoms. The van der Waals surface area contributed by atoms with Crippen LogP contribution in [0.25, 0.3) is 0 Å². The van der Waals surface area contributed by atoms with Gasteiger partial charge in [0.1, 0.15) is 5.82 Å². The third kappa shape index (κ3) is 1.46. The first-order valence-corrected chi connectivity index (χ1v) is 5.51. The number of hydrogen-bond acceptors (Lipinski definition) is 3. The summed E-state index contributed by atoms with van der Waals surface area (Å²) in [5.74, 6) is 1.64. The lowest BCUT2D eigenvalue weighted by atomic mass is 9.99. The van der Waals surface area contributed by atoms with Gasteiger partial charge in [0.05, 0.1) is 12.7 Å². The minimum absolute atomic E-state index is 0.481. The van der Waals surface area contributed by atoms with E-state index in [4.69, 9.17) is 0 Å². The molecule has 2 aromatic heterocycles. The number of anilines is 1. The smallest absolute Gasteiger partial charge is 0.127 e. The van der Waals surface area contributed by atoms with Gasteiger partial charge >= 0.3 is 0 Å². The fourth-order valence-electron chi connectivity index (χ4n) is 2.20. The maximum Gasteiger partial charge on any atom is 0.127 e. The molecule has 0 bridgehead atoms. The number of nitrogens with one attached hydrogen (secondary N) is 1. The number of aromatic nitrogens is 3. The Morgan fingerprint density at radius 3 is 3.00 bits per heavy atom. The van der Waals surface area contributed by atoms with Crippen LogP contribution in [0.5, 0.6) is 0 Å². The number of hydrogen-bond donors (Lipinski definition) is 1. The van der Waals surface area contributed by atoms with E-state index in [0.717, 1.165) is 18.9 Å². The van der Waals surface area contributed by atoms with Crippen LogP contribution in [0, 0.1) is 6.92 Å². The van der Waals surface area contributed by atoms with Crippen molar-refractivity contribution in [3.8, 4) is 0 Å². The Bertz CT molecular complexity index is 489. The van der Waals surface area contributed by atoms with Gasteiger partial charge in [0, 0.05) is 30.4 Å². The quantitative estimate of drug-likeness (QED) is 0.787. The maximum atomic E-state index is 4.37. The molecule has 0 spiro atoms. The topological polar surface area (TPSA) is 42.7 Å². The van der Waals surface area contributed by atoms with Gasteiger partial charge in [-0.2, -0.15) is 5.10 Å². The summed E-state index contributed by atoms with van der Waals surface area (Å²) in [7, 11) is 0.